The van der Waals surface area contributed by atoms with E-state index in [1.165, 1.54) is 0 Å². The second-order valence-electron chi connectivity index (χ2n) is 9.76. The first-order valence-corrected chi connectivity index (χ1v) is 13.8. The standard InChI is InChI=1S/C31H32N4O2S/c1-21-26(30(37)34(2)3)28(35-18-11-19-38-31(35)32-21)24-16-10-17-25(20-24)33-29(36)27(22-12-6-4-7-13-22)23-14-8-5-9-15-23/h4-10,12-17,20,27-28H,11,18-19H2,1-3H3,(H,33,36)/t28-/m1/s1. The summed E-state index contributed by atoms with van der Waals surface area (Å²) in [7, 11) is 3.54. The molecular weight excluding hydrogens is 492 g/mol. The molecular formula is C31H32N4O2S. The molecule has 2 amide bonds. The van der Waals surface area contributed by atoms with E-state index in [1.807, 2.05) is 91.9 Å². The van der Waals surface area contributed by atoms with Gasteiger partial charge in [-0.05, 0) is 42.2 Å². The van der Waals surface area contributed by atoms with Crippen molar-refractivity contribution in [2.24, 2.45) is 4.99 Å². The molecule has 0 radical (unpaired) electrons. The number of carbonyl (C=O) groups excluding carboxylic acids is 2. The van der Waals surface area contributed by atoms with Crippen LogP contribution in [0.1, 0.15) is 42.0 Å². The topological polar surface area (TPSA) is 65.0 Å². The fourth-order valence-corrected chi connectivity index (χ4v) is 6.14. The normalized spacial score (nSPS) is 17.1. The maximum Gasteiger partial charge on any atom is 0.253 e. The number of allylic oxidation sites excluding steroid dienone is 1. The molecule has 0 aliphatic carbocycles. The largest absolute Gasteiger partial charge is 0.345 e. The number of aliphatic imine (C=N–C) groups is 1. The van der Waals surface area contributed by atoms with Gasteiger partial charge in [0.25, 0.3) is 5.91 Å². The summed E-state index contributed by atoms with van der Waals surface area (Å²) >= 11 is 1.73. The number of hydrogen-bond acceptors (Lipinski definition) is 5. The predicted octanol–water partition coefficient (Wildman–Crippen LogP) is 5.67. The lowest BCUT2D eigenvalue weighted by Gasteiger charge is -2.41. The molecule has 2 aliphatic rings. The number of likely N-dealkylation sites (N-methyl/N-ethyl adjacent to an activating group) is 1. The van der Waals surface area contributed by atoms with Crippen molar-refractivity contribution in [2.75, 3.05) is 31.7 Å². The van der Waals surface area contributed by atoms with Crippen molar-refractivity contribution in [3.05, 3.63) is 113 Å². The Labute approximate surface area is 228 Å². The first kappa shape index (κ1) is 25.8. The molecule has 0 spiro atoms. The molecule has 3 aromatic rings. The van der Waals surface area contributed by atoms with Crippen molar-refractivity contribution in [1.82, 2.24) is 9.80 Å². The Morgan fingerprint density at radius 1 is 0.974 bits per heavy atom. The number of rotatable bonds is 6. The minimum Gasteiger partial charge on any atom is -0.345 e. The van der Waals surface area contributed by atoms with Gasteiger partial charge < -0.3 is 15.1 Å². The quantitative estimate of drug-likeness (QED) is 0.451. The molecule has 0 aromatic heterocycles. The van der Waals surface area contributed by atoms with E-state index in [2.05, 4.69) is 10.2 Å². The van der Waals surface area contributed by atoms with Gasteiger partial charge in [-0.2, -0.15) is 0 Å². The van der Waals surface area contributed by atoms with Crippen LogP contribution in [0.3, 0.4) is 0 Å². The highest BCUT2D eigenvalue weighted by Gasteiger charge is 2.37. The maximum absolute atomic E-state index is 13.7. The summed E-state index contributed by atoms with van der Waals surface area (Å²) in [6, 6.07) is 27.3. The third kappa shape index (κ3) is 5.24. The van der Waals surface area contributed by atoms with Gasteiger partial charge in [0.15, 0.2) is 5.17 Å². The number of hydrogen-bond donors (Lipinski definition) is 1. The summed E-state index contributed by atoms with van der Waals surface area (Å²) in [5, 5.41) is 4.12. The van der Waals surface area contributed by atoms with Crippen LogP contribution < -0.4 is 5.32 Å². The Kier molecular flexibility index (Phi) is 7.65. The second-order valence-corrected chi connectivity index (χ2v) is 10.8. The van der Waals surface area contributed by atoms with E-state index in [-0.39, 0.29) is 17.9 Å². The molecule has 194 valence electrons. The van der Waals surface area contributed by atoms with Gasteiger partial charge in [-0.15, -0.1) is 0 Å². The fraction of sp³-hybridized carbons (Fsp3) is 0.258. The Morgan fingerprint density at radius 2 is 1.63 bits per heavy atom. The number of nitrogens with zero attached hydrogens (tertiary/aromatic N) is 3. The number of benzene rings is 3. The first-order chi connectivity index (χ1) is 18.4. The molecule has 2 aliphatic heterocycles. The monoisotopic (exact) mass is 524 g/mol. The average molecular weight is 525 g/mol. The van der Waals surface area contributed by atoms with E-state index in [0.717, 1.165) is 46.3 Å². The Bertz CT molecular complexity index is 1350. The molecule has 1 N–H and O–H groups in total. The summed E-state index contributed by atoms with van der Waals surface area (Å²) in [4.78, 5) is 35.7. The van der Waals surface area contributed by atoms with Crippen LogP contribution in [0.25, 0.3) is 0 Å². The van der Waals surface area contributed by atoms with Gasteiger partial charge in [0.2, 0.25) is 5.91 Å². The van der Waals surface area contributed by atoms with Gasteiger partial charge in [0.1, 0.15) is 0 Å². The molecule has 2 heterocycles. The molecule has 1 atom stereocenters. The van der Waals surface area contributed by atoms with E-state index in [1.54, 1.807) is 30.8 Å². The summed E-state index contributed by atoms with van der Waals surface area (Å²) < 4.78 is 0. The summed E-state index contributed by atoms with van der Waals surface area (Å²) in [5.74, 6) is 0.424. The lowest BCUT2D eigenvalue weighted by atomic mass is 9.90. The van der Waals surface area contributed by atoms with Gasteiger partial charge in [-0.1, -0.05) is 84.6 Å². The minimum absolute atomic E-state index is 0.0477. The van der Waals surface area contributed by atoms with Crippen LogP contribution in [0.2, 0.25) is 0 Å². The van der Waals surface area contributed by atoms with Gasteiger partial charge in [-0.3, -0.25) is 9.59 Å². The smallest absolute Gasteiger partial charge is 0.253 e. The fourth-order valence-electron chi connectivity index (χ4n) is 5.12. The highest BCUT2D eigenvalue weighted by molar-refractivity contribution is 8.13. The molecule has 7 heteroatoms. The number of nitrogens with one attached hydrogen (secondary N) is 1. The lowest BCUT2D eigenvalue weighted by Crippen LogP contribution is -2.43. The molecule has 3 aromatic carbocycles. The molecule has 38 heavy (non-hydrogen) atoms. The zero-order chi connectivity index (χ0) is 26.6. The van der Waals surface area contributed by atoms with E-state index in [0.29, 0.717) is 11.3 Å². The van der Waals surface area contributed by atoms with E-state index >= 15 is 0 Å². The lowest BCUT2D eigenvalue weighted by molar-refractivity contribution is -0.125. The second kappa shape index (κ2) is 11.3. The summed E-state index contributed by atoms with van der Waals surface area (Å²) in [5.41, 5.74) is 4.95. The Hall–Kier alpha value is -3.84. The van der Waals surface area contributed by atoms with Crippen LogP contribution in [0.5, 0.6) is 0 Å². The molecule has 0 saturated carbocycles. The number of anilines is 1. The molecule has 1 fully saturated rings. The number of thioether (sulfide) groups is 1. The number of amides is 2. The van der Waals surface area contributed by atoms with Crippen molar-refractivity contribution in [3.8, 4) is 0 Å². The molecule has 0 unspecified atom stereocenters. The van der Waals surface area contributed by atoms with E-state index in [4.69, 9.17) is 4.99 Å². The Balaban J connectivity index is 1.49. The Morgan fingerprint density at radius 3 is 2.26 bits per heavy atom. The first-order valence-electron chi connectivity index (χ1n) is 12.9. The van der Waals surface area contributed by atoms with Crippen LogP contribution >= 0.6 is 11.8 Å². The van der Waals surface area contributed by atoms with E-state index < -0.39 is 5.92 Å². The predicted molar refractivity (Wildman–Crippen MR) is 155 cm³/mol. The highest BCUT2D eigenvalue weighted by atomic mass is 32.2. The molecule has 6 nitrogen and oxygen atoms in total. The number of amidine groups is 1. The zero-order valence-electron chi connectivity index (χ0n) is 21.9. The van der Waals surface area contributed by atoms with Crippen molar-refractivity contribution >= 4 is 34.4 Å². The maximum atomic E-state index is 13.7. The number of fused-ring (bicyclic) bond motifs is 1. The van der Waals surface area contributed by atoms with Crippen LogP contribution in [0, 0.1) is 0 Å². The van der Waals surface area contributed by atoms with Crippen molar-refractivity contribution in [2.45, 2.75) is 25.3 Å². The molecule has 1 saturated heterocycles. The van der Waals surface area contributed by atoms with Crippen LogP contribution in [-0.2, 0) is 9.59 Å². The summed E-state index contributed by atoms with van der Waals surface area (Å²) in [6.07, 6.45) is 1.02. The summed E-state index contributed by atoms with van der Waals surface area (Å²) in [6.45, 7) is 2.74. The van der Waals surface area contributed by atoms with Crippen molar-refractivity contribution < 1.29 is 9.59 Å². The molecule has 5 rings (SSSR count). The molecule has 0 bridgehead atoms. The van der Waals surface area contributed by atoms with Gasteiger partial charge in [0, 0.05) is 32.1 Å². The van der Waals surface area contributed by atoms with Crippen LogP contribution in [0.15, 0.2) is 101 Å². The van der Waals surface area contributed by atoms with Gasteiger partial charge in [-0.25, -0.2) is 4.99 Å². The van der Waals surface area contributed by atoms with Crippen LogP contribution in [0.4, 0.5) is 5.69 Å². The minimum atomic E-state index is -0.444. The number of carbonyl (C=O) groups is 2. The SMILES string of the molecule is CC1=C(C(=O)N(C)C)[C@@H](c2cccc(NC(=O)C(c3ccccc3)c3ccccc3)c2)N2CCCSC2=N1. The zero-order valence-corrected chi connectivity index (χ0v) is 22.7. The van der Waals surface area contributed by atoms with Crippen molar-refractivity contribution in [3.63, 3.8) is 0 Å². The van der Waals surface area contributed by atoms with Gasteiger partial charge >= 0.3 is 0 Å². The average Bonchev–Trinajstić information content (AvgIpc) is 2.93. The van der Waals surface area contributed by atoms with E-state index in [9.17, 15) is 9.59 Å². The van der Waals surface area contributed by atoms with Gasteiger partial charge in [0.05, 0.1) is 23.2 Å². The van der Waals surface area contributed by atoms with Crippen LogP contribution in [-0.4, -0.2) is 53.2 Å². The highest BCUT2D eigenvalue weighted by Crippen LogP contribution is 2.40. The third-order valence-electron chi connectivity index (χ3n) is 6.89. The third-order valence-corrected chi connectivity index (χ3v) is 7.97. The van der Waals surface area contributed by atoms with Crippen molar-refractivity contribution in [1.29, 1.82) is 0 Å².